The van der Waals surface area contributed by atoms with Gasteiger partial charge in [-0.1, -0.05) is 19.1 Å². The van der Waals surface area contributed by atoms with Gasteiger partial charge in [0, 0.05) is 31.2 Å². The molecule has 1 aliphatic heterocycles. The summed E-state index contributed by atoms with van der Waals surface area (Å²) in [4.78, 5) is 36.5. The first-order valence-corrected chi connectivity index (χ1v) is 12.0. The number of aromatic hydroxyl groups is 1. The van der Waals surface area contributed by atoms with Crippen molar-refractivity contribution in [2.45, 2.75) is 44.8 Å². The van der Waals surface area contributed by atoms with E-state index in [-0.39, 0.29) is 34.7 Å². The van der Waals surface area contributed by atoms with Crippen LogP contribution in [-0.4, -0.2) is 73.8 Å². The van der Waals surface area contributed by atoms with E-state index in [2.05, 4.69) is 15.3 Å². The lowest BCUT2D eigenvalue weighted by Crippen LogP contribution is -2.40. The van der Waals surface area contributed by atoms with Gasteiger partial charge in [0.05, 0.1) is 12.2 Å². The van der Waals surface area contributed by atoms with Crippen molar-refractivity contribution in [3.8, 4) is 5.75 Å². The number of pyridine rings is 2. The van der Waals surface area contributed by atoms with Gasteiger partial charge in [0.15, 0.2) is 11.4 Å². The lowest BCUT2D eigenvalue weighted by atomic mass is 10.0. The minimum atomic E-state index is -0.760. The van der Waals surface area contributed by atoms with Crippen molar-refractivity contribution in [3.05, 3.63) is 64.9 Å². The van der Waals surface area contributed by atoms with Crippen LogP contribution in [0.3, 0.4) is 0 Å². The van der Waals surface area contributed by atoms with Gasteiger partial charge in [0.2, 0.25) is 0 Å². The van der Waals surface area contributed by atoms with Gasteiger partial charge in [0.1, 0.15) is 17.0 Å². The standard InChI is InChI=1S/C26H29FN4O5/c1-2-18(32)14-29-25(35)23-24(34)21-20(22(30-23)26(36)31-9-7-19(33)8-10-31)12-16(13-28-21)11-15-3-5-17(27)6-4-15/h3-6,12-13,18-19,32-34H,2,7-11,14H2,1H3,(H,29,35). The number of aliphatic hydroxyl groups is 2. The number of aromatic nitrogens is 2. The molecule has 36 heavy (non-hydrogen) atoms. The van der Waals surface area contributed by atoms with E-state index in [1.54, 1.807) is 30.0 Å². The van der Waals surface area contributed by atoms with Crippen molar-refractivity contribution in [3.63, 3.8) is 0 Å². The van der Waals surface area contributed by atoms with Gasteiger partial charge >= 0.3 is 0 Å². The van der Waals surface area contributed by atoms with E-state index in [0.717, 1.165) is 5.56 Å². The zero-order chi connectivity index (χ0) is 25.8. The summed E-state index contributed by atoms with van der Waals surface area (Å²) in [5.41, 5.74) is 1.20. The number of hydrogen-bond acceptors (Lipinski definition) is 7. The molecule has 190 valence electrons. The van der Waals surface area contributed by atoms with E-state index < -0.39 is 29.8 Å². The third kappa shape index (κ3) is 5.60. The number of carbonyl (C=O) groups excluding carboxylic acids is 2. The zero-order valence-electron chi connectivity index (χ0n) is 19.9. The summed E-state index contributed by atoms with van der Waals surface area (Å²) in [7, 11) is 0. The number of hydrogen-bond donors (Lipinski definition) is 4. The molecule has 1 atom stereocenters. The molecule has 2 aromatic heterocycles. The molecule has 3 heterocycles. The van der Waals surface area contributed by atoms with E-state index in [9.17, 15) is 29.3 Å². The number of rotatable bonds is 7. The Hall–Kier alpha value is -3.63. The normalized spacial score (nSPS) is 15.2. The second-order valence-corrected chi connectivity index (χ2v) is 9.00. The molecule has 2 amide bonds. The highest BCUT2D eigenvalue weighted by Gasteiger charge is 2.28. The van der Waals surface area contributed by atoms with Crippen LogP contribution in [0.4, 0.5) is 4.39 Å². The Bertz CT molecular complexity index is 1260. The van der Waals surface area contributed by atoms with Crippen LogP contribution in [0.25, 0.3) is 10.9 Å². The highest BCUT2D eigenvalue weighted by molar-refractivity contribution is 6.09. The number of nitrogens with one attached hydrogen (secondary N) is 1. The quantitative estimate of drug-likeness (QED) is 0.394. The molecule has 4 N–H and O–H groups in total. The Kier molecular flexibility index (Phi) is 7.76. The second kappa shape index (κ2) is 11.0. The molecule has 0 radical (unpaired) electrons. The van der Waals surface area contributed by atoms with Crippen LogP contribution in [-0.2, 0) is 6.42 Å². The van der Waals surface area contributed by atoms with Gasteiger partial charge in [-0.2, -0.15) is 0 Å². The molecule has 0 spiro atoms. The van der Waals surface area contributed by atoms with Gasteiger partial charge in [-0.15, -0.1) is 0 Å². The van der Waals surface area contributed by atoms with Gasteiger partial charge in [-0.05, 0) is 55.0 Å². The lowest BCUT2D eigenvalue weighted by molar-refractivity contribution is 0.0543. The predicted octanol–water partition coefficient (Wildman–Crippen LogP) is 2.16. The minimum absolute atomic E-state index is 0.0335. The molecule has 1 fully saturated rings. The molecule has 1 saturated heterocycles. The van der Waals surface area contributed by atoms with Crippen molar-refractivity contribution >= 4 is 22.7 Å². The molecule has 9 nitrogen and oxygen atoms in total. The maximum absolute atomic E-state index is 13.5. The molecule has 0 saturated carbocycles. The van der Waals surface area contributed by atoms with Gasteiger partial charge in [-0.3, -0.25) is 14.6 Å². The number of likely N-dealkylation sites (tertiary alicyclic amines) is 1. The van der Waals surface area contributed by atoms with E-state index >= 15 is 0 Å². The predicted molar refractivity (Wildman–Crippen MR) is 130 cm³/mol. The molecule has 1 unspecified atom stereocenters. The largest absolute Gasteiger partial charge is 0.504 e. The van der Waals surface area contributed by atoms with Crippen molar-refractivity contribution in [1.29, 1.82) is 0 Å². The lowest BCUT2D eigenvalue weighted by Gasteiger charge is -2.29. The maximum atomic E-state index is 13.5. The Morgan fingerprint density at radius 3 is 2.53 bits per heavy atom. The number of fused-ring (bicyclic) bond motifs is 1. The van der Waals surface area contributed by atoms with Crippen LogP contribution in [0.2, 0.25) is 0 Å². The monoisotopic (exact) mass is 496 g/mol. The highest BCUT2D eigenvalue weighted by Crippen LogP contribution is 2.30. The molecule has 3 aromatic rings. The topological polar surface area (TPSA) is 136 Å². The van der Waals surface area contributed by atoms with Crippen LogP contribution in [0.1, 0.15) is 58.3 Å². The first-order valence-electron chi connectivity index (χ1n) is 12.0. The van der Waals surface area contributed by atoms with Crippen molar-refractivity contribution in [2.75, 3.05) is 19.6 Å². The van der Waals surface area contributed by atoms with E-state index in [1.807, 2.05) is 0 Å². The van der Waals surface area contributed by atoms with E-state index in [4.69, 9.17) is 0 Å². The van der Waals surface area contributed by atoms with Crippen LogP contribution in [0.15, 0.2) is 36.5 Å². The van der Waals surface area contributed by atoms with Crippen molar-refractivity contribution < 1.29 is 29.3 Å². The third-order valence-electron chi connectivity index (χ3n) is 6.33. The third-order valence-corrected chi connectivity index (χ3v) is 6.33. The number of carbonyl (C=O) groups is 2. The summed E-state index contributed by atoms with van der Waals surface area (Å²) in [5.74, 6) is -1.98. The Morgan fingerprint density at radius 2 is 1.86 bits per heavy atom. The molecule has 0 aliphatic carbocycles. The first-order chi connectivity index (χ1) is 17.3. The summed E-state index contributed by atoms with van der Waals surface area (Å²) in [5, 5.41) is 33.3. The summed E-state index contributed by atoms with van der Waals surface area (Å²) in [6.45, 7) is 2.39. The van der Waals surface area contributed by atoms with Gasteiger partial charge in [-0.25, -0.2) is 9.37 Å². The average molecular weight is 497 g/mol. The Morgan fingerprint density at radius 1 is 1.17 bits per heavy atom. The zero-order valence-corrected chi connectivity index (χ0v) is 19.9. The highest BCUT2D eigenvalue weighted by atomic mass is 19.1. The Labute approximate surface area is 207 Å². The smallest absolute Gasteiger partial charge is 0.273 e. The maximum Gasteiger partial charge on any atom is 0.273 e. The summed E-state index contributed by atoms with van der Waals surface area (Å²) in [6.07, 6.45) is 1.99. The number of aliphatic hydroxyl groups excluding tert-OH is 2. The van der Waals surface area contributed by atoms with Gasteiger partial charge in [0.25, 0.3) is 11.8 Å². The van der Waals surface area contributed by atoms with Crippen LogP contribution < -0.4 is 5.32 Å². The molecular weight excluding hydrogens is 467 g/mol. The molecular formula is C26H29FN4O5. The molecule has 1 aliphatic rings. The summed E-state index contributed by atoms with van der Waals surface area (Å²) < 4.78 is 13.3. The number of halogens is 1. The van der Waals surface area contributed by atoms with Crippen LogP contribution >= 0.6 is 0 Å². The van der Waals surface area contributed by atoms with Gasteiger partial charge < -0.3 is 25.5 Å². The van der Waals surface area contributed by atoms with Crippen molar-refractivity contribution in [2.24, 2.45) is 0 Å². The Balaban J connectivity index is 1.75. The molecule has 1 aromatic carbocycles. The number of amides is 2. The van der Waals surface area contributed by atoms with E-state index in [1.165, 1.54) is 18.3 Å². The fourth-order valence-electron chi connectivity index (χ4n) is 4.13. The first kappa shape index (κ1) is 25.5. The molecule has 0 bridgehead atoms. The SMILES string of the molecule is CCC(O)CNC(=O)c1nc(C(=O)N2CCC(O)CC2)c2cc(Cc3ccc(F)cc3)cnc2c1O. The number of benzene rings is 1. The van der Waals surface area contributed by atoms with Crippen LogP contribution in [0.5, 0.6) is 5.75 Å². The number of piperidine rings is 1. The van der Waals surface area contributed by atoms with Crippen LogP contribution in [0, 0.1) is 5.82 Å². The fourth-order valence-corrected chi connectivity index (χ4v) is 4.13. The van der Waals surface area contributed by atoms with Crippen molar-refractivity contribution in [1.82, 2.24) is 20.2 Å². The number of nitrogens with zero attached hydrogens (tertiary/aromatic N) is 3. The summed E-state index contributed by atoms with van der Waals surface area (Å²) >= 11 is 0. The fraction of sp³-hybridized carbons (Fsp3) is 0.385. The molecule has 4 rings (SSSR count). The minimum Gasteiger partial charge on any atom is -0.504 e. The molecule has 10 heteroatoms. The average Bonchev–Trinajstić information content (AvgIpc) is 2.88. The summed E-state index contributed by atoms with van der Waals surface area (Å²) in [6, 6.07) is 7.71. The van der Waals surface area contributed by atoms with E-state index in [0.29, 0.717) is 44.3 Å². The second-order valence-electron chi connectivity index (χ2n) is 9.00.